The van der Waals surface area contributed by atoms with E-state index in [2.05, 4.69) is 11.9 Å². The van der Waals surface area contributed by atoms with Crippen molar-refractivity contribution in [1.82, 2.24) is 4.90 Å². The number of alkyl halides is 1. The predicted molar refractivity (Wildman–Crippen MR) is 48.7 cm³/mol. The van der Waals surface area contributed by atoms with Crippen LogP contribution in [0.3, 0.4) is 0 Å². The molecule has 0 aromatic carbocycles. The first-order chi connectivity index (χ1) is 5.77. The zero-order chi connectivity index (χ0) is 8.97. The number of hydrogen-bond acceptors (Lipinski definition) is 2. The third-order valence-electron chi connectivity index (χ3n) is 2.83. The first-order valence-electron chi connectivity index (χ1n) is 4.72. The molecule has 0 aromatic heterocycles. The molecule has 1 aliphatic rings. The van der Waals surface area contributed by atoms with Crippen molar-refractivity contribution in [2.75, 3.05) is 33.4 Å². The lowest BCUT2D eigenvalue weighted by atomic mass is 9.90. The maximum atomic E-state index is 12.5. The van der Waals surface area contributed by atoms with Gasteiger partial charge in [-0.2, -0.15) is 0 Å². The summed E-state index contributed by atoms with van der Waals surface area (Å²) in [4.78, 5) is 2.27. The van der Waals surface area contributed by atoms with Crippen LogP contribution in [0.15, 0.2) is 0 Å². The highest BCUT2D eigenvalue weighted by atomic mass is 19.1. The molecule has 2 nitrogen and oxygen atoms in total. The van der Waals surface area contributed by atoms with Crippen molar-refractivity contribution in [2.24, 2.45) is 17.6 Å². The number of nitrogens with two attached hydrogens (primary N) is 1. The number of nitrogens with zero attached hydrogens (tertiary/aromatic N) is 1. The lowest BCUT2D eigenvalue weighted by Crippen LogP contribution is -2.23. The molecule has 72 valence electrons. The summed E-state index contributed by atoms with van der Waals surface area (Å²) >= 11 is 0. The fourth-order valence-electron chi connectivity index (χ4n) is 2.01. The summed E-state index contributed by atoms with van der Waals surface area (Å²) in [7, 11) is 2.09. The van der Waals surface area contributed by atoms with Gasteiger partial charge < -0.3 is 10.6 Å². The minimum Gasteiger partial charge on any atom is -0.330 e. The highest BCUT2D eigenvalue weighted by Crippen LogP contribution is 2.25. The van der Waals surface area contributed by atoms with Gasteiger partial charge in [-0.3, -0.25) is 4.39 Å². The van der Waals surface area contributed by atoms with E-state index in [-0.39, 0.29) is 12.6 Å². The molecule has 0 amide bonds. The first kappa shape index (κ1) is 9.93. The Morgan fingerprint density at radius 3 is 2.83 bits per heavy atom. The van der Waals surface area contributed by atoms with Gasteiger partial charge in [0.2, 0.25) is 0 Å². The molecule has 0 spiro atoms. The van der Waals surface area contributed by atoms with Crippen LogP contribution in [-0.4, -0.2) is 38.3 Å². The van der Waals surface area contributed by atoms with Crippen molar-refractivity contribution in [1.29, 1.82) is 0 Å². The Balaban J connectivity index is 2.33. The van der Waals surface area contributed by atoms with Gasteiger partial charge in [0.15, 0.2) is 0 Å². The molecular weight excluding hydrogens is 155 g/mol. The number of rotatable bonds is 4. The van der Waals surface area contributed by atoms with E-state index in [4.69, 9.17) is 5.73 Å². The molecule has 2 unspecified atom stereocenters. The molecule has 0 aliphatic carbocycles. The molecule has 0 radical (unpaired) electrons. The van der Waals surface area contributed by atoms with Gasteiger partial charge in [-0.15, -0.1) is 0 Å². The molecule has 1 heterocycles. The first-order valence-corrected chi connectivity index (χ1v) is 4.72. The maximum absolute atomic E-state index is 12.5. The van der Waals surface area contributed by atoms with Crippen LogP contribution in [0, 0.1) is 11.8 Å². The Hall–Kier alpha value is -0.150. The highest BCUT2D eigenvalue weighted by molar-refractivity contribution is 4.79. The van der Waals surface area contributed by atoms with Crippen molar-refractivity contribution in [2.45, 2.75) is 12.8 Å². The Labute approximate surface area is 73.9 Å². The summed E-state index contributed by atoms with van der Waals surface area (Å²) in [5, 5.41) is 0. The van der Waals surface area contributed by atoms with E-state index < -0.39 is 0 Å². The zero-order valence-electron chi connectivity index (χ0n) is 7.80. The van der Waals surface area contributed by atoms with Gasteiger partial charge in [0.05, 0.1) is 6.67 Å². The topological polar surface area (TPSA) is 29.3 Å². The van der Waals surface area contributed by atoms with Gasteiger partial charge in [-0.25, -0.2) is 0 Å². The molecule has 2 N–H and O–H groups in total. The van der Waals surface area contributed by atoms with Gasteiger partial charge in [-0.1, -0.05) is 0 Å². The summed E-state index contributed by atoms with van der Waals surface area (Å²) in [5.41, 5.74) is 5.43. The maximum Gasteiger partial charge on any atom is 0.0926 e. The smallest absolute Gasteiger partial charge is 0.0926 e. The number of hydrogen-bond donors (Lipinski definition) is 1. The van der Waals surface area contributed by atoms with Gasteiger partial charge in [-0.05, 0) is 44.8 Å². The fourth-order valence-corrected chi connectivity index (χ4v) is 2.01. The van der Waals surface area contributed by atoms with Crippen molar-refractivity contribution in [3.8, 4) is 0 Å². The molecule has 0 aromatic rings. The van der Waals surface area contributed by atoms with Gasteiger partial charge >= 0.3 is 0 Å². The van der Waals surface area contributed by atoms with Crippen LogP contribution in [0.1, 0.15) is 12.8 Å². The lowest BCUT2D eigenvalue weighted by Gasteiger charge is -2.19. The van der Waals surface area contributed by atoms with E-state index in [1.807, 2.05) is 0 Å². The lowest BCUT2D eigenvalue weighted by molar-refractivity contribution is 0.247. The van der Waals surface area contributed by atoms with Crippen LogP contribution in [-0.2, 0) is 0 Å². The summed E-state index contributed by atoms with van der Waals surface area (Å²) in [5.74, 6) is 0.753. The van der Waals surface area contributed by atoms with Crippen LogP contribution in [0.5, 0.6) is 0 Å². The highest BCUT2D eigenvalue weighted by Gasteiger charge is 2.26. The van der Waals surface area contributed by atoms with Crippen LogP contribution in [0.4, 0.5) is 4.39 Å². The molecule has 1 saturated heterocycles. The summed E-state index contributed by atoms with van der Waals surface area (Å²) in [6.45, 7) is 2.59. The molecular formula is C9H19FN2. The zero-order valence-corrected chi connectivity index (χ0v) is 7.80. The monoisotopic (exact) mass is 174 g/mol. The number of halogens is 1. The van der Waals surface area contributed by atoms with E-state index in [9.17, 15) is 4.39 Å². The second-order valence-electron chi connectivity index (χ2n) is 3.80. The Bertz CT molecular complexity index is 128. The molecule has 0 saturated carbocycles. The second kappa shape index (κ2) is 4.77. The largest absolute Gasteiger partial charge is 0.330 e. The fraction of sp³-hybridized carbons (Fsp3) is 1.00. The van der Waals surface area contributed by atoms with E-state index in [0.717, 1.165) is 25.9 Å². The third-order valence-corrected chi connectivity index (χ3v) is 2.83. The van der Waals surface area contributed by atoms with E-state index in [0.29, 0.717) is 12.5 Å². The van der Waals surface area contributed by atoms with Crippen molar-refractivity contribution >= 4 is 0 Å². The minimum atomic E-state index is -0.199. The average molecular weight is 174 g/mol. The van der Waals surface area contributed by atoms with Gasteiger partial charge in [0, 0.05) is 6.54 Å². The molecule has 3 heteroatoms. The van der Waals surface area contributed by atoms with Crippen LogP contribution >= 0.6 is 0 Å². The van der Waals surface area contributed by atoms with Gasteiger partial charge in [0.1, 0.15) is 0 Å². The Morgan fingerprint density at radius 1 is 1.67 bits per heavy atom. The van der Waals surface area contributed by atoms with Crippen molar-refractivity contribution in [3.05, 3.63) is 0 Å². The molecule has 12 heavy (non-hydrogen) atoms. The molecule has 2 atom stereocenters. The standard InChI is InChI=1S/C9H19FN2/c1-12-5-3-9(7-12)8(6-10)2-4-11/h8-9H,2-7,11H2,1H3. The van der Waals surface area contributed by atoms with Crippen LogP contribution in [0.2, 0.25) is 0 Å². The summed E-state index contributed by atoms with van der Waals surface area (Å²) < 4.78 is 12.5. The molecule has 0 bridgehead atoms. The second-order valence-corrected chi connectivity index (χ2v) is 3.80. The van der Waals surface area contributed by atoms with E-state index in [1.165, 1.54) is 0 Å². The Kier molecular flexibility index (Phi) is 3.95. The molecule has 1 aliphatic heterocycles. The quantitative estimate of drug-likeness (QED) is 0.685. The summed E-state index contributed by atoms with van der Waals surface area (Å²) in [6, 6.07) is 0. The minimum absolute atomic E-state index is 0.199. The average Bonchev–Trinajstić information content (AvgIpc) is 2.47. The van der Waals surface area contributed by atoms with Crippen LogP contribution < -0.4 is 5.73 Å². The summed E-state index contributed by atoms with van der Waals surface area (Å²) in [6.07, 6.45) is 1.99. The molecule has 1 fully saturated rings. The SMILES string of the molecule is CN1CCC(C(CF)CCN)C1. The third kappa shape index (κ3) is 2.42. The normalized spacial score (nSPS) is 27.8. The van der Waals surface area contributed by atoms with Crippen molar-refractivity contribution < 1.29 is 4.39 Å². The number of likely N-dealkylation sites (tertiary alicyclic amines) is 1. The van der Waals surface area contributed by atoms with Crippen molar-refractivity contribution in [3.63, 3.8) is 0 Å². The molecule has 1 rings (SSSR count). The van der Waals surface area contributed by atoms with Gasteiger partial charge in [0.25, 0.3) is 0 Å². The predicted octanol–water partition coefficient (Wildman–Crippen LogP) is 0.873. The van der Waals surface area contributed by atoms with E-state index in [1.54, 1.807) is 0 Å². The Morgan fingerprint density at radius 2 is 2.42 bits per heavy atom. The van der Waals surface area contributed by atoms with E-state index >= 15 is 0 Å². The van der Waals surface area contributed by atoms with Crippen LogP contribution in [0.25, 0.3) is 0 Å².